The predicted molar refractivity (Wildman–Crippen MR) is 113 cm³/mol. The summed E-state index contributed by atoms with van der Waals surface area (Å²) >= 11 is 0. The number of nitrogens with zero attached hydrogens (tertiary/aromatic N) is 1. The molecule has 0 saturated carbocycles. The zero-order chi connectivity index (χ0) is 21.3. The lowest BCUT2D eigenvalue weighted by Gasteiger charge is -2.34. The van der Waals surface area contributed by atoms with Crippen molar-refractivity contribution < 1.29 is 24.5 Å². The molecule has 6 heteroatoms. The molecule has 1 aliphatic heterocycles. The standard InChI is InChI=1S/C24H29NO5/c1-29-21-13-18-19(14-22(21)30-2)24(27,28)20(23(18)26)12-16-8-10-25(11-9-16)15-17-6-4-3-5-7-17/h3-7,13-14,16,20,27-28H,8-12,15H2,1-2H3. The van der Waals surface area contributed by atoms with E-state index < -0.39 is 11.7 Å². The molecule has 4 rings (SSSR count). The predicted octanol–water partition coefficient (Wildman–Crippen LogP) is 2.96. The molecule has 1 fully saturated rings. The molecule has 6 nitrogen and oxygen atoms in total. The number of likely N-dealkylation sites (tertiary alicyclic amines) is 1. The first-order valence-electron chi connectivity index (χ1n) is 10.5. The summed E-state index contributed by atoms with van der Waals surface area (Å²) in [5.41, 5.74) is 1.81. The highest BCUT2D eigenvalue weighted by Gasteiger charge is 2.51. The van der Waals surface area contributed by atoms with Gasteiger partial charge in [-0.25, -0.2) is 0 Å². The molecule has 0 radical (unpaired) electrons. The van der Waals surface area contributed by atoms with Gasteiger partial charge in [0.2, 0.25) is 5.79 Å². The van der Waals surface area contributed by atoms with E-state index in [1.165, 1.54) is 25.8 Å². The molecule has 2 aromatic rings. The summed E-state index contributed by atoms with van der Waals surface area (Å²) < 4.78 is 10.5. The van der Waals surface area contributed by atoms with Crippen LogP contribution in [0.3, 0.4) is 0 Å². The van der Waals surface area contributed by atoms with Crippen molar-refractivity contribution in [1.82, 2.24) is 4.90 Å². The van der Waals surface area contributed by atoms with E-state index >= 15 is 0 Å². The molecule has 30 heavy (non-hydrogen) atoms. The molecule has 1 heterocycles. The van der Waals surface area contributed by atoms with Crippen LogP contribution in [-0.4, -0.2) is 48.2 Å². The zero-order valence-electron chi connectivity index (χ0n) is 17.5. The van der Waals surface area contributed by atoms with Crippen molar-refractivity contribution in [2.45, 2.75) is 31.6 Å². The molecule has 0 bridgehead atoms. The number of hydrogen-bond donors (Lipinski definition) is 2. The van der Waals surface area contributed by atoms with Gasteiger partial charge in [-0.1, -0.05) is 30.3 Å². The number of benzene rings is 2. The van der Waals surface area contributed by atoms with Crippen LogP contribution in [0.25, 0.3) is 0 Å². The van der Waals surface area contributed by atoms with Crippen LogP contribution in [0.5, 0.6) is 11.5 Å². The summed E-state index contributed by atoms with van der Waals surface area (Å²) in [6, 6.07) is 13.5. The van der Waals surface area contributed by atoms with Gasteiger partial charge in [0.15, 0.2) is 17.3 Å². The highest BCUT2D eigenvalue weighted by molar-refractivity contribution is 6.04. The minimum Gasteiger partial charge on any atom is -0.493 e. The van der Waals surface area contributed by atoms with Crippen molar-refractivity contribution in [2.75, 3.05) is 27.3 Å². The Bertz CT molecular complexity index is 903. The largest absolute Gasteiger partial charge is 0.493 e. The van der Waals surface area contributed by atoms with Crippen LogP contribution in [-0.2, 0) is 12.3 Å². The van der Waals surface area contributed by atoms with Gasteiger partial charge < -0.3 is 19.7 Å². The Morgan fingerprint density at radius 2 is 1.67 bits per heavy atom. The van der Waals surface area contributed by atoms with Gasteiger partial charge in [0.05, 0.1) is 20.1 Å². The quantitative estimate of drug-likeness (QED) is 0.712. The van der Waals surface area contributed by atoms with E-state index in [0.717, 1.165) is 32.5 Å². The van der Waals surface area contributed by atoms with E-state index in [1.54, 1.807) is 6.07 Å². The van der Waals surface area contributed by atoms with E-state index in [0.29, 0.717) is 23.5 Å². The van der Waals surface area contributed by atoms with E-state index in [2.05, 4.69) is 29.2 Å². The molecule has 1 aliphatic carbocycles. The van der Waals surface area contributed by atoms with Crippen LogP contribution in [0, 0.1) is 11.8 Å². The van der Waals surface area contributed by atoms with Crippen LogP contribution < -0.4 is 9.47 Å². The van der Waals surface area contributed by atoms with Gasteiger partial charge in [-0.05, 0) is 56.0 Å². The van der Waals surface area contributed by atoms with Crippen molar-refractivity contribution in [3.63, 3.8) is 0 Å². The fraction of sp³-hybridized carbons (Fsp3) is 0.458. The Labute approximate surface area is 177 Å². The number of piperidine rings is 1. The summed E-state index contributed by atoms with van der Waals surface area (Å²) in [6.45, 7) is 2.81. The van der Waals surface area contributed by atoms with Gasteiger partial charge in [0.1, 0.15) is 0 Å². The lowest BCUT2D eigenvalue weighted by atomic mass is 9.83. The lowest BCUT2D eigenvalue weighted by Crippen LogP contribution is -2.38. The number of fused-ring (bicyclic) bond motifs is 1. The fourth-order valence-electron chi connectivity index (χ4n) is 4.77. The Hall–Kier alpha value is -2.41. The topological polar surface area (TPSA) is 79.2 Å². The maximum Gasteiger partial charge on any atom is 0.201 e. The minimum absolute atomic E-state index is 0.205. The Kier molecular flexibility index (Phi) is 5.82. The normalized spacial score (nSPS) is 21.5. The zero-order valence-corrected chi connectivity index (χ0v) is 17.5. The minimum atomic E-state index is -2.19. The number of aliphatic hydroxyl groups is 2. The molecule has 0 spiro atoms. The third kappa shape index (κ3) is 3.83. The van der Waals surface area contributed by atoms with Crippen molar-refractivity contribution in [3.8, 4) is 11.5 Å². The molecular weight excluding hydrogens is 382 g/mol. The maximum atomic E-state index is 13.0. The molecule has 160 valence electrons. The third-order valence-corrected chi connectivity index (χ3v) is 6.51. The second-order valence-corrected chi connectivity index (χ2v) is 8.34. The summed E-state index contributed by atoms with van der Waals surface area (Å²) in [4.78, 5) is 15.4. The third-order valence-electron chi connectivity index (χ3n) is 6.51. The van der Waals surface area contributed by atoms with Crippen molar-refractivity contribution in [2.24, 2.45) is 11.8 Å². The van der Waals surface area contributed by atoms with E-state index in [9.17, 15) is 15.0 Å². The number of ketones is 1. The number of ether oxygens (including phenoxy) is 2. The number of methoxy groups -OCH3 is 2. The van der Waals surface area contributed by atoms with Crippen LogP contribution in [0.4, 0.5) is 0 Å². The second-order valence-electron chi connectivity index (χ2n) is 8.34. The van der Waals surface area contributed by atoms with E-state index in [1.807, 2.05) is 6.07 Å². The first kappa shape index (κ1) is 20.8. The molecular formula is C24H29NO5. The SMILES string of the molecule is COc1cc2c(cc1OC)C(O)(O)C(CC1CCN(Cc3ccccc3)CC1)C2=O. The first-order valence-corrected chi connectivity index (χ1v) is 10.5. The van der Waals surface area contributed by atoms with Gasteiger partial charge in [-0.2, -0.15) is 0 Å². The molecule has 2 aromatic carbocycles. The van der Waals surface area contributed by atoms with Gasteiger partial charge in [-0.3, -0.25) is 9.69 Å². The van der Waals surface area contributed by atoms with E-state index in [4.69, 9.17) is 9.47 Å². The number of Topliss-reactive ketones (excluding diaryl/α,β-unsaturated/α-hetero) is 1. The summed E-state index contributed by atoms with van der Waals surface area (Å²) in [6.07, 6.45) is 2.34. The smallest absolute Gasteiger partial charge is 0.201 e. The molecule has 1 unspecified atom stereocenters. The number of hydrogen-bond acceptors (Lipinski definition) is 6. The Morgan fingerprint density at radius 3 is 2.30 bits per heavy atom. The molecule has 2 N–H and O–H groups in total. The highest BCUT2D eigenvalue weighted by Crippen LogP contribution is 2.47. The van der Waals surface area contributed by atoms with Gasteiger partial charge >= 0.3 is 0 Å². The van der Waals surface area contributed by atoms with Crippen molar-refractivity contribution in [1.29, 1.82) is 0 Å². The molecule has 0 aromatic heterocycles. The first-order chi connectivity index (χ1) is 14.4. The number of rotatable bonds is 6. The van der Waals surface area contributed by atoms with Gasteiger partial charge in [0, 0.05) is 17.7 Å². The van der Waals surface area contributed by atoms with Crippen LogP contribution in [0.15, 0.2) is 42.5 Å². The summed E-state index contributed by atoms with van der Waals surface area (Å²) in [5.74, 6) is -2.21. The molecule has 2 aliphatic rings. The molecule has 1 atom stereocenters. The van der Waals surface area contributed by atoms with Gasteiger partial charge in [-0.15, -0.1) is 0 Å². The Balaban J connectivity index is 1.43. The van der Waals surface area contributed by atoms with Crippen LogP contribution >= 0.6 is 0 Å². The second kappa shape index (κ2) is 8.38. The molecule has 0 amide bonds. The van der Waals surface area contributed by atoms with E-state index in [-0.39, 0.29) is 17.3 Å². The van der Waals surface area contributed by atoms with Crippen molar-refractivity contribution in [3.05, 3.63) is 59.2 Å². The van der Waals surface area contributed by atoms with Crippen molar-refractivity contribution >= 4 is 5.78 Å². The fourth-order valence-corrected chi connectivity index (χ4v) is 4.77. The molecule has 1 saturated heterocycles. The number of carbonyl (C=O) groups is 1. The maximum absolute atomic E-state index is 13.0. The van der Waals surface area contributed by atoms with Crippen LogP contribution in [0.2, 0.25) is 0 Å². The summed E-state index contributed by atoms with van der Waals surface area (Å²) in [5, 5.41) is 21.7. The monoisotopic (exact) mass is 411 g/mol. The van der Waals surface area contributed by atoms with Gasteiger partial charge in [0.25, 0.3) is 0 Å². The van der Waals surface area contributed by atoms with Crippen LogP contribution in [0.1, 0.15) is 40.7 Å². The summed E-state index contributed by atoms with van der Waals surface area (Å²) in [7, 11) is 2.98. The lowest BCUT2D eigenvalue weighted by molar-refractivity contribution is -0.195. The highest BCUT2D eigenvalue weighted by atomic mass is 16.5. The average Bonchev–Trinajstić information content (AvgIpc) is 2.94. The Morgan fingerprint density at radius 1 is 1.03 bits per heavy atom. The average molecular weight is 411 g/mol. The number of carbonyl (C=O) groups excluding carboxylic acids is 1.